The van der Waals surface area contributed by atoms with Crippen molar-refractivity contribution in [2.45, 2.75) is 20.8 Å². The molecule has 0 radical (unpaired) electrons. The van der Waals surface area contributed by atoms with E-state index < -0.39 is 0 Å². The number of aryl methyl sites for hydroxylation is 2. The summed E-state index contributed by atoms with van der Waals surface area (Å²) in [5.41, 5.74) is 3.99. The molecule has 0 aliphatic rings. The Kier molecular flexibility index (Phi) is 3.02. The van der Waals surface area contributed by atoms with Crippen molar-refractivity contribution in [2.24, 2.45) is 0 Å². The molecule has 0 saturated carbocycles. The van der Waals surface area contributed by atoms with Gasteiger partial charge in [0.2, 0.25) is 0 Å². The molecule has 1 aromatic carbocycles. The van der Waals surface area contributed by atoms with Crippen LogP contribution in [0.4, 0.5) is 0 Å². The summed E-state index contributed by atoms with van der Waals surface area (Å²) < 4.78 is 0. The zero-order chi connectivity index (χ0) is 9.84. The summed E-state index contributed by atoms with van der Waals surface area (Å²) >= 11 is 0. The Bertz CT molecular complexity index is 328. The van der Waals surface area contributed by atoms with Gasteiger partial charge in [0, 0.05) is 5.56 Å². The second-order valence-corrected chi connectivity index (χ2v) is 3.18. The molecule has 0 fully saturated rings. The number of hydrogen-bond acceptors (Lipinski definition) is 1. The van der Waals surface area contributed by atoms with Crippen LogP contribution in [-0.2, 0) is 0 Å². The quantitative estimate of drug-likeness (QED) is 0.664. The molecule has 0 aliphatic heterocycles. The Labute approximate surface area is 79.6 Å². The molecule has 1 aromatic rings. The average Bonchev–Trinajstić information content (AvgIpc) is 2.04. The lowest BCUT2D eigenvalue weighted by Crippen LogP contribution is -2.00. The van der Waals surface area contributed by atoms with Crippen molar-refractivity contribution in [3.63, 3.8) is 0 Å². The molecule has 0 atom stereocenters. The van der Waals surface area contributed by atoms with Crippen molar-refractivity contribution in [2.75, 3.05) is 0 Å². The molecular weight excluding hydrogens is 158 g/mol. The van der Waals surface area contributed by atoms with E-state index in [4.69, 9.17) is 5.41 Å². The van der Waals surface area contributed by atoms with Gasteiger partial charge < -0.3 is 5.41 Å². The van der Waals surface area contributed by atoms with Gasteiger partial charge in [0.25, 0.3) is 0 Å². The molecule has 1 nitrogen and oxygen atoms in total. The van der Waals surface area contributed by atoms with Crippen LogP contribution in [0.1, 0.15) is 23.6 Å². The molecule has 0 unspecified atom stereocenters. The van der Waals surface area contributed by atoms with Crippen LogP contribution in [0.25, 0.3) is 0 Å². The molecule has 0 spiro atoms. The molecule has 0 saturated heterocycles. The molecule has 1 N–H and O–H groups in total. The lowest BCUT2D eigenvalue weighted by Gasteiger charge is -2.07. The number of hydrogen-bond donors (Lipinski definition) is 1. The van der Waals surface area contributed by atoms with E-state index in [2.05, 4.69) is 0 Å². The second kappa shape index (κ2) is 4.04. The summed E-state index contributed by atoms with van der Waals surface area (Å²) in [4.78, 5) is 0. The minimum absolute atomic E-state index is 0.595. The maximum atomic E-state index is 7.82. The molecule has 1 rings (SSSR count). The van der Waals surface area contributed by atoms with Crippen LogP contribution < -0.4 is 0 Å². The average molecular weight is 173 g/mol. The maximum absolute atomic E-state index is 7.82. The Hall–Kier alpha value is -1.37. The molecule has 1 heteroatoms. The Morgan fingerprint density at radius 3 is 2.23 bits per heavy atom. The molecule has 0 aliphatic carbocycles. The Morgan fingerprint density at radius 1 is 1.23 bits per heavy atom. The minimum Gasteiger partial charge on any atom is -0.300 e. The van der Waals surface area contributed by atoms with Crippen LogP contribution >= 0.6 is 0 Å². The van der Waals surface area contributed by atoms with E-state index in [1.165, 1.54) is 11.1 Å². The van der Waals surface area contributed by atoms with Crippen molar-refractivity contribution < 1.29 is 0 Å². The fourth-order valence-corrected chi connectivity index (χ4v) is 1.49. The lowest BCUT2D eigenvalue weighted by atomic mass is 9.98. The van der Waals surface area contributed by atoms with E-state index in [1.807, 2.05) is 51.1 Å². The van der Waals surface area contributed by atoms with E-state index in [-0.39, 0.29) is 0 Å². The van der Waals surface area contributed by atoms with Crippen molar-refractivity contribution >= 4 is 5.71 Å². The third-order valence-electron chi connectivity index (χ3n) is 2.08. The van der Waals surface area contributed by atoms with Gasteiger partial charge in [-0.15, -0.1) is 0 Å². The Morgan fingerprint density at radius 2 is 1.77 bits per heavy atom. The smallest absolute Gasteiger partial charge is 0.0614 e. The molecule has 0 aromatic heterocycles. The third kappa shape index (κ3) is 2.05. The first kappa shape index (κ1) is 9.72. The lowest BCUT2D eigenvalue weighted by molar-refractivity contribution is 1.33. The second-order valence-electron chi connectivity index (χ2n) is 3.18. The number of benzene rings is 1. The molecular formula is C12H15N. The topological polar surface area (TPSA) is 23.9 Å². The number of nitrogens with one attached hydrogen (secondary N) is 1. The highest BCUT2D eigenvalue weighted by Crippen LogP contribution is 2.14. The number of rotatable bonds is 2. The van der Waals surface area contributed by atoms with Crippen LogP contribution in [0, 0.1) is 19.3 Å². The molecule has 0 bridgehead atoms. The summed E-state index contributed by atoms with van der Waals surface area (Å²) in [6.07, 6.45) is 3.73. The Balaban J connectivity index is 3.20. The van der Waals surface area contributed by atoms with Crippen LogP contribution in [0.15, 0.2) is 30.4 Å². The minimum atomic E-state index is 0.595. The molecule has 68 valence electrons. The summed E-state index contributed by atoms with van der Waals surface area (Å²) in [6.45, 7) is 6.02. The highest BCUT2D eigenvalue weighted by atomic mass is 14.4. The molecule has 0 heterocycles. The van der Waals surface area contributed by atoms with Gasteiger partial charge in [-0.25, -0.2) is 0 Å². The van der Waals surface area contributed by atoms with Crippen LogP contribution in [0.3, 0.4) is 0 Å². The highest BCUT2D eigenvalue weighted by Gasteiger charge is 2.04. The van der Waals surface area contributed by atoms with Gasteiger partial charge in [0.15, 0.2) is 0 Å². The zero-order valence-corrected chi connectivity index (χ0v) is 8.39. The largest absolute Gasteiger partial charge is 0.300 e. The van der Waals surface area contributed by atoms with Crippen molar-refractivity contribution in [1.29, 1.82) is 5.41 Å². The number of allylic oxidation sites excluding steroid dienone is 2. The first-order valence-corrected chi connectivity index (χ1v) is 4.44. The van der Waals surface area contributed by atoms with Gasteiger partial charge >= 0.3 is 0 Å². The standard InChI is InChI=1S/C12H15N/c1-4-6-11(13)12-9(2)7-5-8-10(12)3/h4-8,13H,1-3H3/b6-4-,13-11?. The van der Waals surface area contributed by atoms with Crippen molar-refractivity contribution in [3.8, 4) is 0 Å². The van der Waals surface area contributed by atoms with E-state index in [0.29, 0.717) is 5.71 Å². The molecule has 0 amide bonds. The van der Waals surface area contributed by atoms with E-state index >= 15 is 0 Å². The monoisotopic (exact) mass is 173 g/mol. The predicted octanol–water partition coefficient (Wildman–Crippen LogP) is 3.25. The molecule has 13 heavy (non-hydrogen) atoms. The highest BCUT2D eigenvalue weighted by molar-refractivity contribution is 6.08. The van der Waals surface area contributed by atoms with Gasteiger partial charge in [0.05, 0.1) is 5.71 Å². The predicted molar refractivity (Wildman–Crippen MR) is 57.6 cm³/mol. The first-order valence-electron chi connectivity index (χ1n) is 4.44. The van der Waals surface area contributed by atoms with Crippen molar-refractivity contribution in [3.05, 3.63) is 47.0 Å². The van der Waals surface area contributed by atoms with Gasteiger partial charge in [-0.2, -0.15) is 0 Å². The van der Waals surface area contributed by atoms with Crippen LogP contribution in [-0.4, -0.2) is 5.71 Å². The van der Waals surface area contributed by atoms with E-state index in [1.54, 1.807) is 0 Å². The summed E-state index contributed by atoms with van der Waals surface area (Å²) in [5.74, 6) is 0. The van der Waals surface area contributed by atoms with Crippen LogP contribution in [0.2, 0.25) is 0 Å². The van der Waals surface area contributed by atoms with Gasteiger partial charge in [-0.3, -0.25) is 0 Å². The summed E-state index contributed by atoms with van der Waals surface area (Å²) in [5, 5.41) is 7.82. The maximum Gasteiger partial charge on any atom is 0.0614 e. The van der Waals surface area contributed by atoms with Gasteiger partial charge in [0.1, 0.15) is 0 Å². The van der Waals surface area contributed by atoms with Gasteiger partial charge in [-0.1, -0.05) is 24.3 Å². The first-order chi connectivity index (χ1) is 6.16. The third-order valence-corrected chi connectivity index (χ3v) is 2.08. The fraction of sp³-hybridized carbons (Fsp3) is 0.250. The SMILES string of the molecule is C/C=C\C(=N)c1c(C)cccc1C. The van der Waals surface area contributed by atoms with Crippen LogP contribution in [0.5, 0.6) is 0 Å². The van der Waals surface area contributed by atoms with Crippen molar-refractivity contribution in [1.82, 2.24) is 0 Å². The normalized spacial score (nSPS) is 10.7. The van der Waals surface area contributed by atoms with E-state index in [0.717, 1.165) is 5.56 Å². The zero-order valence-electron chi connectivity index (χ0n) is 8.39. The summed E-state index contributed by atoms with van der Waals surface area (Å²) in [6, 6.07) is 6.11. The fourth-order valence-electron chi connectivity index (χ4n) is 1.49. The summed E-state index contributed by atoms with van der Waals surface area (Å²) in [7, 11) is 0. The van der Waals surface area contributed by atoms with E-state index in [9.17, 15) is 0 Å². The van der Waals surface area contributed by atoms with Gasteiger partial charge in [-0.05, 0) is 38.0 Å².